The predicted molar refractivity (Wildman–Crippen MR) is 73.8 cm³/mol. The predicted octanol–water partition coefficient (Wildman–Crippen LogP) is 2.24. The molecule has 0 radical (unpaired) electrons. The number of aliphatic carboxylic acids is 1. The number of hydrogen-bond donors (Lipinski definition) is 1. The summed E-state index contributed by atoms with van der Waals surface area (Å²) in [7, 11) is 0. The van der Waals surface area contributed by atoms with Crippen LogP contribution in [-0.4, -0.2) is 28.6 Å². The van der Waals surface area contributed by atoms with Crippen LogP contribution in [0.15, 0.2) is 24.3 Å². The van der Waals surface area contributed by atoms with Gasteiger partial charge in [-0.15, -0.1) is 0 Å². The van der Waals surface area contributed by atoms with Crippen LogP contribution in [0.3, 0.4) is 0 Å². The fourth-order valence-electron chi connectivity index (χ4n) is 3.88. The van der Waals surface area contributed by atoms with E-state index in [4.69, 9.17) is 5.26 Å². The molecule has 2 fully saturated rings. The molecule has 1 N–H and O–H groups in total. The summed E-state index contributed by atoms with van der Waals surface area (Å²) in [6.45, 7) is 1.41. The van der Waals surface area contributed by atoms with Crippen molar-refractivity contribution in [2.45, 2.75) is 31.8 Å². The van der Waals surface area contributed by atoms with E-state index in [2.05, 4.69) is 6.07 Å². The molecule has 1 saturated carbocycles. The molecular weight excluding hydrogens is 252 g/mol. The summed E-state index contributed by atoms with van der Waals surface area (Å²) >= 11 is 0. The van der Waals surface area contributed by atoms with Gasteiger partial charge in [-0.3, -0.25) is 9.69 Å². The maximum atomic E-state index is 11.6. The number of carbonyl (C=O) groups is 1. The van der Waals surface area contributed by atoms with Crippen LogP contribution >= 0.6 is 0 Å². The van der Waals surface area contributed by atoms with Gasteiger partial charge in [-0.05, 0) is 36.3 Å². The number of nitrogens with zero attached hydrogens (tertiary/aromatic N) is 2. The Hall–Kier alpha value is -1.86. The fourth-order valence-corrected chi connectivity index (χ4v) is 3.88. The molecule has 0 spiro atoms. The van der Waals surface area contributed by atoms with E-state index in [0.717, 1.165) is 31.4 Å². The van der Waals surface area contributed by atoms with Crippen LogP contribution in [-0.2, 0) is 11.3 Å². The maximum Gasteiger partial charge on any atom is 0.321 e. The first-order chi connectivity index (χ1) is 9.70. The molecule has 0 amide bonds. The standard InChI is InChI=1S/C16H18N2O2/c17-8-11-4-1-2-5-12(11)9-18-10-13-6-3-7-14(13)15(18)16(19)20/h1-2,4-5,13-15H,3,6-7,9-10H2,(H,19,20). The molecule has 1 saturated heterocycles. The molecule has 2 aliphatic rings. The Labute approximate surface area is 118 Å². The lowest BCUT2D eigenvalue weighted by atomic mass is 9.94. The first-order valence-electron chi connectivity index (χ1n) is 7.15. The normalized spacial score (nSPS) is 29.1. The molecule has 4 heteroatoms. The molecule has 1 aromatic rings. The molecule has 3 unspecified atom stereocenters. The number of carboxylic acid groups (broad SMARTS) is 1. The van der Waals surface area contributed by atoms with Crippen LogP contribution < -0.4 is 0 Å². The minimum Gasteiger partial charge on any atom is -0.480 e. The number of nitriles is 1. The molecular formula is C16H18N2O2. The highest BCUT2D eigenvalue weighted by molar-refractivity contribution is 5.74. The Morgan fingerprint density at radius 2 is 2.20 bits per heavy atom. The molecule has 3 rings (SSSR count). The highest BCUT2D eigenvalue weighted by Crippen LogP contribution is 2.42. The summed E-state index contributed by atoms with van der Waals surface area (Å²) in [6, 6.07) is 9.27. The zero-order valence-electron chi connectivity index (χ0n) is 11.3. The van der Waals surface area contributed by atoms with Gasteiger partial charge in [0.1, 0.15) is 6.04 Å². The lowest BCUT2D eigenvalue weighted by Crippen LogP contribution is -2.39. The monoisotopic (exact) mass is 270 g/mol. The Morgan fingerprint density at radius 3 is 2.95 bits per heavy atom. The summed E-state index contributed by atoms with van der Waals surface area (Å²) in [5.41, 5.74) is 1.58. The molecule has 0 aromatic heterocycles. The van der Waals surface area contributed by atoms with Crippen molar-refractivity contribution in [3.05, 3.63) is 35.4 Å². The molecule has 1 heterocycles. The first kappa shape index (κ1) is 13.1. The van der Waals surface area contributed by atoms with Crippen molar-refractivity contribution in [2.24, 2.45) is 11.8 Å². The van der Waals surface area contributed by atoms with E-state index in [-0.39, 0.29) is 6.04 Å². The third kappa shape index (κ3) is 2.19. The van der Waals surface area contributed by atoms with Crippen molar-refractivity contribution in [3.63, 3.8) is 0 Å². The maximum absolute atomic E-state index is 11.6. The highest BCUT2D eigenvalue weighted by Gasteiger charge is 2.47. The van der Waals surface area contributed by atoms with Crippen LogP contribution in [0.25, 0.3) is 0 Å². The minimum absolute atomic E-state index is 0.293. The zero-order chi connectivity index (χ0) is 14.1. The fraction of sp³-hybridized carbons (Fsp3) is 0.500. The Morgan fingerprint density at radius 1 is 1.40 bits per heavy atom. The molecule has 4 nitrogen and oxygen atoms in total. The van der Waals surface area contributed by atoms with Gasteiger partial charge in [0.2, 0.25) is 0 Å². The molecule has 104 valence electrons. The number of hydrogen-bond acceptors (Lipinski definition) is 3. The smallest absolute Gasteiger partial charge is 0.321 e. The third-order valence-corrected chi connectivity index (χ3v) is 4.75. The third-order valence-electron chi connectivity index (χ3n) is 4.75. The largest absolute Gasteiger partial charge is 0.480 e. The number of likely N-dealkylation sites (tertiary alicyclic amines) is 1. The average Bonchev–Trinajstić information content (AvgIpc) is 2.99. The number of fused-ring (bicyclic) bond motifs is 1. The van der Waals surface area contributed by atoms with Crippen molar-refractivity contribution in [2.75, 3.05) is 6.54 Å². The number of carboxylic acids is 1. The zero-order valence-corrected chi connectivity index (χ0v) is 11.3. The quantitative estimate of drug-likeness (QED) is 0.915. The molecule has 0 bridgehead atoms. The van der Waals surface area contributed by atoms with E-state index in [9.17, 15) is 9.90 Å². The van der Waals surface area contributed by atoms with Crippen molar-refractivity contribution in [1.82, 2.24) is 4.90 Å². The van der Waals surface area contributed by atoms with Crippen LogP contribution in [0.2, 0.25) is 0 Å². The van der Waals surface area contributed by atoms with E-state index < -0.39 is 5.97 Å². The first-order valence-corrected chi connectivity index (χ1v) is 7.15. The van der Waals surface area contributed by atoms with E-state index in [0.29, 0.717) is 23.9 Å². The van der Waals surface area contributed by atoms with Gasteiger partial charge in [-0.25, -0.2) is 0 Å². The van der Waals surface area contributed by atoms with Crippen LogP contribution in [0.1, 0.15) is 30.4 Å². The lowest BCUT2D eigenvalue weighted by molar-refractivity contribution is -0.143. The lowest BCUT2D eigenvalue weighted by Gasteiger charge is -2.24. The minimum atomic E-state index is -0.714. The van der Waals surface area contributed by atoms with Gasteiger partial charge >= 0.3 is 5.97 Å². The SMILES string of the molecule is N#Cc1ccccc1CN1CC2CCCC2C1C(=O)O. The number of benzene rings is 1. The molecule has 1 aliphatic carbocycles. The Balaban J connectivity index is 1.83. The highest BCUT2D eigenvalue weighted by atomic mass is 16.4. The van der Waals surface area contributed by atoms with Gasteiger partial charge in [-0.1, -0.05) is 24.6 Å². The van der Waals surface area contributed by atoms with Crippen molar-refractivity contribution in [3.8, 4) is 6.07 Å². The van der Waals surface area contributed by atoms with Crippen LogP contribution in [0.4, 0.5) is 0 Å². The van der Waals surface area contributed by atoms with E-state index in [1.165, 1.54) is 0 Å². The second kappa shape index (κ2) is 5.26. The molecule has 3 atom stereocenters. The van der Waals surface area contributed by atoms with Gasteiger partial charge in [-0.2, -0.15) is 5.26 Å². The van der Waals surface area contributed by atoms with Crippen LogP contribution in [0, 0.1) is 23.2 Å². The van der Waals surface area contributed by atoms with Crippen LogP contribution in [0.5, 0.6) is 0 Å². The Kier molecular flexibility index (Phi) is 3.45. The topological polar surface area (TPSA) is 64.3 Å². The van der Waals surface area contributed by atoms with Gasteiger partial charge in [0.15, 0.2) is 0 Å². The molecule has 1 aliphatic heterocycles. The summed E-state index contributed by atoms with van der Waals surface area (Å²) < 4.78 is 0. The van der Waals surface area contributed by atoms with Crippen molar-refractivity contribution >= 4 is 5.97 Å². The molecule has 20 heavy (non-hydrogen) atoms. The van der Waals surface area contributed by atoms with Crippen molar-refractivity contribution < 1.29 is 9.90 Å². The summed E-state index contributed by atoms with van der Waals surface area (Å²) in [5.74, 6) is 0.0981. The van der Waals surface area contributed by atoms with E-state index in [1.807, 2.05) is 23.1 Å². The summed E-state index contributed by atoms with van der Waals surface area (Å²) in [5, 5.41) is 18.7. The number of rotatable bonds is 3. The molecule has 1 aromatic carbocycles. The van der Waals surface area contributed by atoms with Gasteiger partial charge in [0.25, 0.3) is 0 Å². The second-order valence-electron chi connectivity index (χ2n) is 5.84. The van der Waals surface area contributed by atoms with E-state index in [1.54, 1.807) is 6.07 Å². The second-order valence-corrected chi connectivity index (χ2v) is 5.84. The summed E-state index contributed by atoms with van der Waals surface area (Å²) in [4.78, 5) is 13.6. The summed E-state index contributed by atoms with van der Waals surface area (Å²) in [6.07, 6.45) is 3.32. The van der Waals surface area contributed by atoms with Crippen molar-refractivity contribution in [1.29, 1.82) is 5.26 Å². The average molecular weight is 270 g/mol. The van der Waals surface area contributed by atoms with E-state index >= 15 is 0 Å². The Bertz CT molecular complexity index is 564. The van der Waals surface area contributed by atoms with Gasteiger partial charge < -0.3 is 5.11 Å². The van der Waals surface area contributed by atoms with Gasteiger partial charge in [0.05, 0.1) is 11.6 Å². The van der Waals surface area contributed by atoms with Gasteiger partial charge in [0, 0.05) is 13.1 Å².